The largest absolute Gasteiger partial charge is 0.494 e. The van der Waals surface area contributed by atoms with Crippen LogP contribution in [0.5, 0.6) is 17.5 Å². The SMILES string of the molecule is CSCC[C@](N)(C(=O)Oc1cc(O)[nH]c1O)C(=O)OC(C)(C)C. The summed E-state index contributed by atoms with van der Waals surface area (Å²) in [7, 11) is 0. The zero-order chi connectivity index (χ0) is 17.8. The van der Waals surface area contributed by atoms with Crippen LogP contribution in [0, 0.1) is 0 Å². The number of carbonyl (C=O) groups is 2. The number of rotatable bonds is 6. The molecule has 130 valence electrons. The van der Waals surface area contributed by atoms with Crippen LogP contribution in [-0.4, -0.2) is 50.3 Å². The fourth-order valence-corrected chi connectivity index (χ4v) is 2.13. The van der Waals surface area contributed by atoms with Crippen molar-refractivity contribution in [3.63, 3.8) is 0 Å². The van der Waals surface area contributed by atoms with E-state index in [-0.39, 0.29) is 12.2 Å². The molecule has 5 N–H and O–H groups in total. The van der Waals surface area contributed by atoms with Crippen molar-refractivity contribution in [3.05, 3.63) is 6.07 Å². The van der Waals surface area contributed by atoms with Crippen LogP contribution >= 0.6 is 11.8 Å². The number of H-pyrrole nitrogens is 1. The van der Waals surface area contributed by atoms with E-state index in [1.807, 2.05) is 0 Å². The molecule has 1 aromatic rings. The molecule has 0 saturated heterocycles. The number of carbonyl (C=O) groups excluding carboxylic acids is 2. The Balaban J connectivity index is 3.01. The average Bonchev–Trinajstić information content (AvgIpc) is 2.72. The van der Waals surface area contributed by atoms with Crippen LogP contribution in [0.25, 0.3) is 0 Å². The lowest BCUT2D eigenvalue weighted by Gasteiger charge is -2.29. The van der Waals surface area contributed by atoms with Crippen molar-refractivity contribution < 1.29 is 29.3 Å². The van der Waals surface area contributed by atoms with Gasteiger partial charge in [0.2, 0.25) is 11.4 Å². The van der Waals surface area contributed by atoms with Crippen molar-refractivity contribution >= 4 is 23.7 Å². The molecule has 9 heteroatoms. The minimum atomic E-state index is -2.02. The molecular weight excluding hydrogens is 324 g/mol. The van der Waals surface area contributed by atoms with Crippen LogP contribution in [0.4, 0.5) is 0 Å². The molecular formula is C14H22N2O6S. The molecule has 1 atom stereocenters. The van der Waals surface area contributed by atoms with E-state index in [9.17, 15) is 19.8 Å². The molecule has 1 heterocycles. The van der Waals surface area contributed by atoms with E-state index in [1.165, 1.54) is 11.8 Å². The Hall–Kier alpha value is -1.87. The minimum Gasteiger partial charge on any atom is -0.494 e. The Labute approximate surface area is 138 Å². The molecule has 0 radical (unpaired) electrons. The molecule has 0 aliphatic carbocycles. The third-order valence-corrected chi connectivity index (χ3v) is 3.39. The number of esters is 2. The summed E-state index contributed by atoms with van der Waals surface area (Å²) in [5.41, 5.74) is 3.12. The van der Waals surface area contributed by atoms with Gasteiger partial charge in [-0.05, 0) is 39.2 Å². The highest BCUT2D eigenvalue weighted by atomic mass is 32.2. The van der Waals surface area contributed by atoms with Crippen molar-refractivity contribution in [1.82, 2.24) is 4.98 Å². The summed E-state index contributed by atoms with van der Waals surface area (Å²) in [5.74, 6) is -2.83. The lowest BCUT2D eigenvalue weighted by atomic mass is 9.97. The van der Waals surface area contributed by atoms with E-state index in [0.29, 0.717) is 5.75 Å². The van der Waals surface area contributed by atoms with Gasteiger partial charge >= 0.3 is 11.9 Å². The van der Waals surface area contributed by atoms with E-state index < -0.39 is 34.8 Å². The number of aromatic hydroxyl groups is 2. The molecule has 0 unspecified atom stereocenters. The summed E-state index contributed by atoms with van der Waals surface area (Å²) in [4.78, 5) is 26.8. The van der Waals surface area contributed by atoms with Crippen molar-refractivity contribution in [1.29, 1.82) is 0 Å². The number of hydrogen-bond donors (Lipinski definition) is 4. The Bertz CT molecular complexity index is 580. The first-order valence-electron chi connectivity index (χ1n) is 6.84. The molecule has 1 aromatic heterocycles. The zero-order valence-electron chi connectivity index (χ0n) is 13.5. The molecule has 0 spiro atoms. The second-order valence-corrected chi connectivity index (χ2v) is 6.96. The van der Waals surface area contributed by atoms with Crippen LogP contribution in [-0.2, 0) is 14.3 Å². The summed E-state index contributed by atoms with van der Waals surface area (Å²) >= 11 is 1.40. The standard InChI is InChI=1S/C14H22N2O6S/c1-13(2,3)22-12(20)14(15,5-6-23-4)11(19)21-8-7-9(17)16-10(8)18/h7,16-18H,5-6,15H2,1-4H3/t14-/m0/s1. The van der Waals surface area contributed by atoms with Gasteiger partial charge in [0.1, 0.15) is 5.60 Å². The smallest absolute Gasteiger partial charge is 0.343 e. The van der Waals surface area contributed by atoms with Crippen molar-refractivity contribution in [2.45, 2.75) is 38.3 Å². The monoisotopic (exact) mass is 346 g/mol. The molecule has 0 aromatic carbocycles. The normalized spacial score (nSPS) is 14.1. The summed E-state index contributed by atoms with van der Waals surface area (Å²) in [6, 6.07) is 0.997. The van der Waals surface area contributed by atoms with Crippen molar-refractivity contribution in [3.8, 4) is 17.5 Å². The van der Waals surface area contributed by atoms with Gasteiger partial charge in [0.25, 0.3) is 0 Å². The quantitative estimate of drug-likeness (QED) is 0.444. The lowest BCUT2D eigenvalue weighted by molar-refractivity contribution is -0.168. The van der Waals surface area contributed by atoms with Crippen LogP contribution < -0.4 is 10.5 Å². The predicted octanol–water partition coefficient (Wildman–Crippen LogP) is 1.12. The zero-order valence-corrected chi connectivity index (χ0v) is 14.3. The number of hydrogen-bond acceptors (Lipinski definition) is 8. The van der Waals surface area contributed by atoms with Crippen molar-refractivity contribution in [2.75, 3.05) is 12.0 Å². The summed E-state index contributed by atoms with van der Waals surface area (Å²) < 4.78 is 10.1. The molecule has 0 saturated carbocycles. The number of nitrogens with one attached hydrogen (secondary N) is 1. The van der Waals surface area contributed by atoms with Gasteiger partial charge in [-0.3, -0.25) is 4.98 Å². The number of ether oxygens (including phenoxy) is 2. The average molecular weight is 346 g/mol. The van der Waals surface area contributed by atoms with Crippen LogP contribution in [0.2, 0.25) is 0 Å². The highest BCUT2D eigenvalue weighted by Crippen LogP contribution is 2.31. The topological polar surface area (TPSA) is 135 Å². The molecule has 1 rings (SSSR count). The van der Waals surface area contributed by atoms with Gasteiger partial charge in [0.05, 0.1) is 0 Å². The molecule has 0 aliphatic rings. The highest BCUT2D eigenvalue weighted by Gasteiger charge is 2.47. The third kappa shape index (κ3) is 5.07. The first kappa shape index (κ1) is 19.2. The fourth-order valence-electron chi connectivity index (χ4n) is 1.60. The summed E-state index contributed by atoms with van der Waals surface area (Å²) in [6.07, 6.45) is 1.80. The Morgan fingerprint density at radius 2 is 1.91 bits per heavy atom. The highest BCUT2D eigenvalue weighted by molar-refractivity contribution is 7.98. The van der Waals surface area contributed by atoms with Gasteiger partial charge in [-0.1, -0.05) is 0 Å². The summed E-state index contributed by atoms with van der Waals surface area (Å²) in [6.45, 7) is 4.96. The Morgan fingerprint density at radius 3 is 2.35 bits per heavy atom. The maximum absolute atomic E-state index is 12.4. The molecule has 0 fully saturated rings. The lowest BCUT2D eigenvalue weighted by Crippen LogP contribution is -2.59. The molecule has 0 bridgehead atoms. The first-order chi connectivity index (χ1) is 10.5. The number of aromatic amines is 1. The van der Waals surface area contributed by atoms with Crippen LogP contribution in [0.3, 0.4) is 0 Å². The van der Waals surface area contributed by atoms with Gasteiger partial charge in [-0.15, -0.1) is 0 Å². The Morgan fingerprint density at radius 1 is 1.30 bits per heavy atom. The van der Waals surface area contributed by atoms with Gasteiger partial charge in [-0.25, -0.2) is 9.59 Å². The first-order valence-corrected chi connectivity index (χ1v) is 8.23. The fraction of sp³-hybridized carbons (Fsp3) is 0.571. The van der Waals surface area contributed by atoms with E-state index in [1.54, 1.807) is 27.0 Å². The number of thioether (sulfide) groups is 1. The van der Waals surface area contributed by atoms with E-state index in [2.05, 4.69) is 4.98 Å². The maximum Gasteiger partial charge on any atom is 0.343 e. The molecule has 0 amide bonds. The minimum absolute atomic E-state index is 0.000912. The van der Waals surface area contributed by atoms with Gasteiger partial charge in [-0.2, -0.15) is 11.8 Å². The third-order valence-electron chi connectivity index (χ3n) is 2.78. The van der Waals surface area contributed by atoms with Crippen molar-refractivity contribution in [2.24, 2.45) is 5.73 Å². The van der Waals surface area contributed by atoms with E-state index in [4.69, 9.17) is 15.2 Å². The maximum atomic E-state index is 12.4. The Kier molecular flexibility index (Phi) is 5.95. The second-order valence-electron chi connectivity index (χ2n) is 5.97. The number of aromatic nitrogens is 1. The van der Waals surface area contributed by atoms with Crippen LogP contribution in [0.1, 0.15) is 27.2 Å². The second kappa shape index (κ2) is 7.14. The predicted molar refractivity (Wildman–Crippen MR) is 85.5 cm³/mol. The van der Waals surface area contributed by atoms with Gasteiger partial charge in [0, 0.05) is 6.07 Å². The van der Waals surface area contributed by atoms with E-state index in [0.717, 1.165) is 6.07 Å². The molecule has 23 heavy (non-hydrogen) atoms. The van der Waals surface area contributed by atoms with Gasteiger partial charge in [0.15, 0.2) is 11.6 Å². The van der Waals surface area contributed by atoms with Crippen LogP contribution in [0.15, 0.2) is 6.07 Å². The molecule has 0 aliphatic heterocycles. The number of nitrogens with two attached hydrogens (primary N) is 1. The van der Waals surface area contributed by atoms with E-state index >= 15 is 0 Å². The molecule has 8 nitrogen and oxygen atoms in total. The van der Waals surface area contributed by atoms with Gasteiger partial charge < -0.3 is 25.4 Å². The summed E-state index contributed by atoms with van der Waals surface area (Å²) in [5, 5.41) is 18.7.